The number of carboxylic acid groups (broad SMARTS) is 2. The Balaban J connectivity index is 3.10. The van der Waals surface area contributed by atoms with Crippen molar-refractivity contribution in [2.45, 2.75) is 81.0 Å². The smallest absolute Gasteiger partial charge is 0.316 e. The van der Waals surface area contributed by atoms with Crippen LogP contribution >= 0.6 is 22.6 Å². The first-order chi connectivity index (χ1) is 9.54. The van der Waals surface area contributed by atoms with Crippen LogP contribution in [0.1, 0.15) is 77.0 Å². The minimum absolute atomic E-state index is 0.238. The molecule has 0 aliphatic rings. The number of halogens is 1. The van der Waals surface area contributed by atoms with Gasteiger partial charge in [0.05, 0.1) is 0 Å². The molecule has 0 amide bonds. The van der Waals surface area contributed by atoms with Gasteiger partial charge in [0, 0.05) is 6.42 Å². The molecule has 0 fully saturated rings. The Hall–Kier alpha value is -0.330. The molecule has 0 radical (unpaired) electrons. The minimum atomic E-state index is -0.700. The zero-order chi connectivity index (χ0) is 15.2. The molecule has 0 aromatic rings. The molecule has 0 aromatic heterocycles. The molecule has 2 N–H and O–H groups in total. The van der Waals surface area contributed by atoms with Crippen LogP contribution in [0.15, 0.2) is 0 Å². The van der Waals surface area contributed by atoms with Crippen molar-refractivity contribution in [3.63, 3.8) is 0 Å². The monoisotopic (exact) mass is 398 g/mol. The van der Waals surface area contributed by atoms with Crippen LogP contribution in [0.2, 0.25) is 0 Å². The van der Waals surface area contributed by atoms with E-state index < -0.39 is 11.9 Å². The van der Waals surface area contributed by atoms with Crippen molar-refractivity contribution in [3.8, 4) is 0 Å². The molecule has 0 saturated heterocycles. The number of carbonyl (C=O) groups is 2. The van der Waals surface area contributed by atoms with E-state index in [1.807, 2.05) is 22.6 Å². The van der Waals surface area contributed by atoms with Crippen LogP contribution in [0.25, 0.3) is 0 Å². The lowest BCUT2D eigenvalue weighted by Crippen LogP contribution is -2.11. The number of alkyl halides is 1. The third kappa shape index (κ3) is 14.1. The molecule has 0 saturated carbocycles. The highest BCUT2D eigenvalue weighted by atomic mass is 127. The summed E-state index contributed by atoms with van der Waals surface area (Å²) in [6, 6.07) is 0. The maximum Gasteiger partial charge on any atom is 0.316 e. The molecule has 0 rings (SSSR count). The average molecular weight is 398 g/mol. The highest BCUT2D eigenvalue weighted by Crippen LogP contribution is 2.15. The lowest BCUT2D eigenvalue weighted by atomic mass is 10.0. The van der Waals surface area contributed by atoms with Crippen molar-refractivity contribution >= 4 is 34.5 Å². The Labute approximate surface area is 135 Å². The summed E-state index contributed by atoms with van der Waals surface area (Å²) in [6.07, 6.45) is 12.3. The van der Waals surface area contributed by atoms with E-state index in [-0.39, 0.29) is 3.92 Å². The first-order valence-corrected chi connectivity index (χ1v) is 8.87. The summed E-state index contributed by atoms with van der Waals surface area (Å²) in [6.45, 7) is 0. The molecule has 4 nitrogen and oxygen atoms in total. The molecule has 0 aromatic carbocycles. The second-order valence-electron chi connectivity index (χ2n) is 5.27. The van der Waals surface area contributed by atoms with Gasteiger partial charge >= 0.3 is 11.9 Å². The quantitative estimate of drug-likeness (QED) is 0.254. The lowest BCUT2D eigenvalue weighted by Gasteiger charge is -2.04. The highest BCUT2D eigenvalue weighted by molar-refractivity contribution is 14.1. The summed E-state index contributed by atoms with van der Waals surface area (Å²) in [7, 11) is 0. The van der Waals surface area contributed by atoms with Crippen molar-refractivity contribution in [3.05, 3.63) is 0 Å². The summed E-state index contributed by atoms with van der Waals surface area (Å²) >= 11 is 1.99. The van der Waals surface area contributed by atoms with Crippen molar-refractivity contribution in [2.75, 3.05) is 0 Å². The van der Waals surface area contributed by atoms with Gasteiger partial charge in [0.2, 0.25) is 0 Å². The highest BCUT2D eigenvalue weighted by Gasteiger charge is 2.11. The first-order valence-electron chi connectivity index (χ1n) is 7.62. The Morgan fingerprint density at radius 2 is 1.15 bits per heavy atom. The van der Waals surface area contributed by atoms with Crippen LogP contribution < -0.4 is 0 Å². The van der Waals surface area contributed by atoms with E-state index in [1.54, 1.807) is 0 Å². The molecule has 0 bridgehead atoms. The molecule has 1 atom stereocenters. The topological polar surface area (TPSA) is 74.6 Å². The molecule has 20 heavy (non-hydrogen) atoms. The number of rotatable bonds is 14. The van der Waals surface area contributed by atoms with Gasteiger partial charge < -0.3 is 10.2 Å². The predicted molar refractivity (Wildman–Crippen MR) is 88.5 cm³/mol. The first kappa shape index (κ1) is 19.7. The van der Waals surface area contributed by atoms with Crippen LogP contribution in [0.5, 0.6) is 0 Å². The molecular weight excluding hydrogens is 371 g/mol. The Morgan fingerprint density at radius 3 is 1.55 bits per heavy atom. The van der Waals surface area contributed by atoms with Crippen LogP contribution in [0.3, 0.4) is 0 Å². The maximum absolute atomic E-state index is 10.6. The van der Waals surface area contributed by atoms with E-state index in [4.69, 9.17) is 10.2 Å². The third-order valence-corrected chi connectivity index (χ3v) is 4.52. The summed E-state index contributed by atoms with van der Waals surface area (Å²) in [4.78, 5) is 20.9. The molecule has 118 valence electrons. The van der Waals surface area contributed by atoms with Crippen LogP contribution in [0.4, 0.5) is 0 Å². The van der Waals surface area contributed by atoms with Crippen molar-refractivity contribution < 1.29 is 19.8 Å². The summed E-state index contributed by atoms with van der Waals surface area (Å²) in [5.74, 6) is -1.39. The minimum Gasteiger partial charge on any atom is -0.481 e. The average Bonchev–Trinajstić information content (AvgIpc) is 2.39. The van der Waals surface area contributed by atoms with Gasteiger partial charge in [-0.25, -0.2) is 0 Å². The van der Waals surface area contributed by atoms with Crippen molar-refractivity contribution in [1.29, 1.82) is 0 Å². The molecule has 0 heterocycles. The number of aliphatic carboxylic acids is 2. The zero-order valence-corrected chi connectivity index (χ0v) is 14.3. The van der Waals surface area contributed by atoms with E-state index in [0.717, 1.165) is 38.5 Å². The Bertz CT molecular complexity index is 269. The molecule has 1 unspecified atom stereocenters. The van der Waals surface area contributed by atoms with Gasteiger partial charge in [-0.3, -0.25) is 9.59 Å². The van der Waals surface area contributed by atoms with E-state index >= 15 is 0 Å². The van der Waals surface area contributed by atoms with Gasteiger partial charge in [-0.05, 0) is 12.8 Å². The van der Waals surface area contributed by atoms with E-state index in [9.17, 15) is 9.59 Å². The van der Waals surface area contributed by atoms with E-state index in [0.29, 0.717) is 6.42 Å². The number of unbranched alkanes of at least 4 members (excludes halogenated alkanes) is 9. The number of carboxylic acids is 2. The molecule has 0 spiro atoms. The van der Waals surface area contributed by atoms with Crippen molar-refractivity contribution in [2.24, 2.45) is 0 Å². The standard InChI is InChI=1S/C15H27IO4/c16-13(15(19)20)11-9-7-5-3-1-2-4-6-8-10-12-14(17)18/h13H,1-12H2,(H,17,18)(H,19,20). The summed E-state index contributed by atoms with van der Waals surface area (Å²) in [5.41, 5.74) is 0. The van der Waals surface area contributed by atoms with Gasteiger partial charge in [-0.15, -0.1) is 0 Å². The van der Waals surface area contributed by atoms with E-state index in [2.05, 4.69) is 0 Å². The van der Waals surface area contributed by atoms with Gasteiger partial charge in [0.15, 0.2) is 0 Å². The second kappa shape index (κ2) is 13.6. The lowest BCUT2D eigenvalue weighted by molar-refractivity contribution is -0.137. The molecule has 0 aliphatic heterocycles. The fourth-order valence-corrected chi connectivity index (χ4v) is 2.58. The number of hydrogen-bond donors (Lipinski definition) is 2. The van der Waals surface area contributed by atoms with Crippen LogP contribution in [-0.2, 0) is 9.59 Å². The Morgan fingerprint density at radius 1 is 0.750 bits per heavy atom. The van der Waals surface area contributed by atoms with Gasteiger partial charge in [0.1, 0.15) is 3.92 Å². The number of hydrogen-bond acceptors (Lipinski definition) is 2. The van der Waals surface area contributed by atoms with Crippen molar-refractivity contribution in [1.82, 2.24) is 0 Å². The fourth-order valence-electron chi connectivity index (χ4n) is 2.14. The fraction of sp³-hybridized carbons (Fsp3) is 0.867. The molecule has 0 aliphatic carbocycles. The van der Waals surface area contributed by atoms with Gasteiger partial charge in [-0.1, -0.05) is 80.4 Å². The SMILES string of the molecule is O=C(O)CCCCCCCCCCCCC(I)C(=O)O. The molecule has 5 heteroatoms. The normalized spacial score (nSPS) is 12.2. The van der Waals surface area contributed by atoms with Crippen LogP contribution in [0, 0.1) is 0 Å². The Kier molecular flexibility index (Phi) is 13.4. The van der Waals surface area contributed by atoms with Gasteiger partial charge in [0.25, 0.3) is 0 Å². The largest absolute Gasteiger partial charge is 0.481 e. The summed E-state index contributed by atoms with van der Waals surface area (Å²) < 4.78 is -0.238. The van der Waals surface area contributed by atoms with E-state index in [1.165, 1.54) is 32.1 Å². The molecular formula is C15H27IO4. The van der Waals surface area contributed by atoms with Gasteiger partial charge in [-0.2, -0.15) is 0 Å². The zero-order valence-electron chi connectivity index (χ0n) is 12.2. The predicted octanol–water partition coefficient (Wildman–Crippen LogP) is 4.64. The second-order valence-corrected chi connectivity index (χ2v) is 6.78. The maximum atomic E-state index is 10.6. The summed E-state index contributed by atoms with van der Waals surface area (Å²) in [5, 5.41) is 17.2. The third-order valence-electron chi connectivity index (χ3n) is 3.37. The van der Waals surface area contributed by atoms with Crippen LogP contribution in [-0.4, -0.2) is 26.1 Å².